The Balaban J connectivity index is 2.04. The van der Waals surface area contributed by atoms with Gasteiger partial charge in [-0.15, -0.1) is 0 Å². The van der Waals surface area contributed by atoms with Crippen LogP contribution in [0.3, 0.4) is 0 Å². The zero-order chi connectivity index (χ0) is 14.7. The Labute approximate surface area is 115 Å². The molecule has 2 rings (SSSR count). The molecule has 110 valence electrons. The lowest BCUT2D eigenvalue weighted by atomic mass is 10.1. The third kappa shape index (κ3) is 2.98. The van der Waals surface area contributed by atoms with Crippen LogP contribution < -0.4 is 11.2 Å². The van der Waals surface area contributed by atoms with Gasteiger partial charge < -0.3 is 15.0 Å². The van der Waals surface area contributed by atoms with Crippen molar-refractivity contribution in [2.45, 2.75) is 38.6 Å². The molecule has 0 radical (unpaired) electrons. The van der Waals surface area contributed by atoms with E-state index in [9.17, 15) is 19.5 Å². The number of nitrogens with one attached hydrogen (secondary N) is 2. The number of aryl methyl sites for hydroxylation is 1. The highest BCUT2D eigenvalue weighted by molar-refractivity contribution is 5.77. The number of hydrogen-bond acceptors (Lipinski definition) is 4. The summed E-state index contributed by atoms with van der Waals surface area (Å²) in [6.07, 6.45) is 2.20. The lowest BCUT2D eigenvalue weighted by Gasteiger charge is -2.23. The summed E-state index contributed by atoms with van der Waals surface area (Å²) in [7, 11) is 0. The van der Waals surface area contributed by atoms with Crippen molar-refractivity contribution in [3.05, 3.63) is 32.1 Å². The highest BCUT2D eigenvalue weighted by atomic mass is 16.3. The second kappa shape index (κ2) is 6.04. The molecule has 7 heteroatoms. The Kier molecular flexibility index (Phi) is 4.39. The number of rotatable bonds is 4. The van der Waals surface area contributed by atoms with E-state index >= 15 is 0 Å². The van der Waals surface area contributed by atoms with Gasteiger partial charge in [-0.2, -0.15) is 0 Å². The van der Waals surface area contributed by atoms with Crippen LogP contribution in [0.2, 0.25) is 0 Å². The predicted molar refractivity (Wildman–Crippen MR) is 72.6 cm³/mol. The molecule has 7 nitrogen and oxygen atoms in total. The van der Waals surface area contributed by atoms with E-state index in [-0.39, 0.29) is 31.4 Å². The molecule has 0 saturated carbocycles. The maximum atomic E-state index is 12.1. The van der Waals surface area contributed by atoms with E-state index in [4.69, 9.17) is 0 Å². The van der Waals surface area contributed by atoms with Crippen LogP contribution in [0.1, 0.15) is 30.5 Å². The minimum absolute atomic E-state index is 0.0238. The van der Waals surface area contributed by atoms with E-state index in [1.54, 1.807) is 11.8 Å². The predicted octanol–water partition coefficient (Wildman–Crippen LogP) is -0.712. The summed E-state index contributed by atoms with van der Waals surface area (Å²) in [5.41, 5.74) is -0.0639. The number of aliphatic hydroxyl groups excluding tert-OH is 1. The zero-order valence-electron chi connectivity index (χ0n) is 11.4. The van der Waals surface area contributed by atoms with Crippen LogP contribution in [0.5, 0.6) is 0 Å². The Morgan fingerprint density at radius 3 is 2.80 bits per heavy atom. The smallest absolute Gasteiger partial charge is 0.325 e. The van der Waals surface area contributed by atoms with Crippen molar-refractivity contribution in [2.24, 2.45) is 0 Å². The standard InChI is InChI=1S/C13H19N3O4/c1-8-10(12(19)15-13(20)14-8)4-5-11(18)16-6-2-3-9(16)7-17/h9,17H,2-7H2,1H3,(H2,14,15,19,20)/t9-/m1/s1. The first-order valence-corrected chi connectivity index (χ1v) is 6.75. The summed E-state index contributed by atoms with van der Waals surface area (Å²) in [5.74, 6) is -0.0634. The number of aromatic amines is 2. The van der Waals surface area contributed by atoms with E-state index in [1.807, 2.05) is 0 Å². The van der Waals surface area contributed by atoms with Gasteiger partial charge in [-0.1, -0.05) is 0 Å². The van der Waals surface area contributed by atoms with Gasteiger partial charge in [-0.25, -0.2) is 4.79 Å². The Hall–Kier alpha value is -1.89. The number of nitrogens with zero attached hydrogens (tertiary/aromatic N) is 1. The SMILES string of the molecule is Cc1[nH]c(=O)[nH]c(=O)c1CCC(=O)N1CCC[C@@H]1CO. The normalized spacial score (nSPS) is 18.5. The molecule has 3 N–H and O–H groups in total. The molecule has 1 atom stereocenters. The molecule has 1 aliphatic rings. The molecule has 1 amide bonds. The number of H-pyrrole nitrogens is 2. The van der Waals surface area contributed by atoms with Crippen molar-refractivity contribution < 1.29 is 9.90 Å². The molecule has 0 aliphatic carbocycles. The van der Waals surface area contributed by atoms with E-state index in [1.165, 1.54) is 0 Å². The van der Waals surface area contributed by atoms with Gasteiger partial charge in [0, 0.05) is 24.2 Å². The number of aliphatic hydroxyl groups is 1. The van der Waals surface area contributed by atoms with Crippen molar-refractivity contribution in [1.82, 2.24) is 14.9 Å². The number of carbonyl (C=O) groups is 1. The van der Waals surface area contributed by atoms with Gasteiger partial charge in [0.2, 0.25) is 5.91 Å². The number of hydrogen-bond donors (Lipinski definition) is 3. The second-order valence-electron chi connectivity index (χ2n) is 5.08. The van der Waals surface area contributed by atoms with E-state index < -0.39 is 11.2 Å². The largest absolute Gasteiger partial charge is 0.394 e. The third-order valence-electron chi connectivity index (χ3n) is 3.75. The van der Waals surface area contributed by atoms with Crippen molar-refractivity contribution in [1.29, 1.82) is 0 Å². The Morgan fingerprint density at radius 1 is 1.40 bits per heavy atom. The lowest BCUT2D eigenvalue weighted by Crippen LogP contribution is -2.38. The quantitative estimate of drug-likeness (QED) is 0.677. The maximum Gasteiger partial charge on any atom is 0.325 e. The number of carbonyl (C=O) groups excluding carboxylic acids is 1. The molecule has 1 aliphatic heterocycles. The molecular formula is C13H19N3O4. The Morgan fingerprint density at radius 2 is 2.15 bits per heavy atom. The highest BCUT2D eigenvalue weighted by Gasteiger charge is 2.27. The fraction of sp³-hybridized carbons (Fsp3) is 0.615. The van der Waals surface area contributed by atoms with Crippen LogP contribution in [-0.4, -0.2) is 45.1 Å². The summed E-state index contributed by atoms with van der Waals surface area (Å²) >= 11 is 0. The molecular weight excluding hydrogens is 262 g/mol. The van der Waals surface area contributed by atoms with Crippen LogP contribution in [0, 0.1) is 6.92 Å². The zero-order valence-corrected chi connectivity index (χ0v) is 11.4. The number of amides is 1. The van der Waals surface area contributed by atoms with Gasteiger partial charge in [0.05, 0.1) is 12.6 Å². The molecule has 1 aromatic rings. The van der Waals surface area contributed by atoms with Crippen molar-refractivity contribution in [2.75, 3.05) is 13.2 Å². The summed E-state index contributed by atoms with van der Waals surface area (Å²) in [4.78, 5) is 41.2. The summed E-state index contributed by atoms with van der Waals surface area (Å²) in [5, 5.41) is 9.20. The topological polar surface area (TPSA) is 106 Å². The molecule has 2 heterocycles. The highest BCUT2D eigenvalue weighted by Crippen LogP contribution is 2.18. The van der Waals surface area contributed by atoms with E-state index in [0.29, 0.717) is 17.8 Å². The average molecular weight is 281 g/mol. The first-order valence-electron chi connectivity index (χ1n) is 6.75. The average Bonchev–Trinajstić information content (AvgIpc) is 2.85. The monoisotopic (exact) mass is 281 g/mol. The lowest BCUT2D eigenvalue weighted by molar-refractivity contribution is -0.132. The van der Waals surface area contributed by atoms with Gasteiger partial charge in [0.1, 0.15) is 0 Å². The van der Waals surface area contributed by atoms with Crippen LogP contribution in [0.4, 0.5) is 0 Å². The van der Waals surface area contributed by atoms with Gasteiger partial charge >= 0.3 is 5.69 Å². The van der Waals surface area contributed by atoms with E-state index in [0.717, 1.165) is 12.8 Å². The van der Waals surface area contributed by atoms with E-state index in [2.05, 4.69) is 9.97 Å². The molecule has 1 fully saturated rings. The molecule has 0 spiro atoms. The molecule has 20 heavy (non-hydrogen) atoms. The van der Waals surface area contributed by atoms with Gasteiger partial charge in [0.15, 0.2) is 0 Å². The fourth-order valence-corrected chi connectivity index (χ4v) is 2.66. The minimum atomic E-state index is -0.539. The third-order valence-corrected chi connectivity index (χ3v) is 3.75. The first-order chi connectivity index (χ1) is 9.52. The van der Waals surface area contributed by atoms with Crippen LogP contribution in [0.25, 0.3) is 0 Å². The van der Waals surface area contributed by atoms with Gasteiger partial charge in [-0.05, 0) is 26.2 Å². The summed E-state index contributed by atoms with van der Waals surface area (Å²) < 4.78 is 0. The fourth-order valence-electron chi connectivity index (χ4n) is 2.66. The number of aromatic nitrogens is 2. The minimum Gasteiger partial charge on any atom is -0.394 e. The van der Waals surface area contributed by atoms with Gasteiger partial charge in [-0.3, -0.25) is 14.6 Å². The first kappa shape index (κ1) is 14.5. The van der Waals surface area contributed by atoms with Crippen LogP contribution in [0.15, 0.2) is 9.59 Å². The van der Waals surface area contributed by atoms with Crippen molar-refractivity contribution in [3.63, 3.8) is 0 Å². The number of likely N-dealkylation sites (tertiary alicyclic amines) is 1. The second-order valence-corrected chi connectivity index (χ2v) is 5.08. The van der Waals surface area contributed by atoms with Crippen molar-refractivity contribution >= 4 is 5.91 Å². The van der Waals surface area contributed by atoms with Crippen LogP contribution in [-0.2, 0) is 11.2 Å². The maximum absolute atomic E-state index is 12.1. The molecule has 0 bridgehead atoms. The molecule has 0 unspecified atom stereocenters. The summed E-state index contributed by atoms with van der Waals surface area (Å²) in [6.45, 7) is 2.28. The van der Waals surface area contributed by atoms with Crippen LogP contribution >= 0.6 is 0 Å². The molecule has 1 aromatic heterocycles. The van der Waals surface area contributed by atoms with Gasteiger partial charge in [0.25, 0.3) is 5.56 Å². The molecule has 1 saturated heterocycles. The molecule has 0 aromatic carbocycles. The summed E-state index contributed by atoms with van der Waals surface area (Å²) in [6, 6.07) is -0.0996. The Bertz CT molecular complexity index is 604. The van der Waals surface area contributed by atoms with Crippen molar-refractivity contribution in [3.8, 4) is 0 Å².